The Morgan fingerprint density at radius 1 is 1.12 bits per heavy atom. The highest BCUT2D eigenvalue weighted by atomic mass is 16.5. The Morgan fingerprint density at radius 3 is 2.58 bits per heavy atom. The lowest BCUT2D eigenvalue weighted by molar-refractivity contribution is -0.142. The second-order valence-corrected chi connectivity index (χ2v) is 8.73. The molecular weight excluding hydrogens is 418 g/mol. The fraction of sp³-hybridized carbons (Fsp3) is 0.346. The van der Waals surface area contributed by atoms with Crippen LogP contribution in [0.15, 0.2) is 65.2 Å². The molecule has 172 valence electrons. The summed E-state index contributed by atoms with van der Waals surface area (Å²) in [7, 11) is 5.05. The average molecular weight is 448 g/mol. The Labute approximate surface area is 193 Å². The standard InChI is InChI=1S/C26H29N3O4/c1-28(2)25(31)26(17-20-16-22(27-33-20)19-10-5-4-6-11-19)14-9-15-29(18-26)24(30)21-12-7-8-13-23(21)32-3/h4-8,10-13,16H,9,14-15,17-18H2,1-3H3/t26-/m0/s1. The number of hydrogen-bond acceptors (Lipinski definition) is 5. The summed E-state index contributed by atoms with van der Waals surface area (Å²) < 4.78 is 11.0. The number of carbonyl (C=O) groups excluding carboxylic acids is 2. The molecule has 0 unspecified atom stereocenters. The van der Waals surface area contributed by atoms with Crippen molar-refractivity contribution in [3.8, 4) is 17.0 Å². The predicted molar refractivity (Wildman–Crippen MR) is 125 cm³/mol. The molecule has 2 amide bonds. The summed E-state index contributed by atoms with van der Waals surface area (Å²) >= 11 is 0. The first kappa shape index (κ1) is 22.6. The molecule has 2 heterocycles. The Morgan fingerprint density at radius 2 is 1.85 bits per heavy atom. The molecule has 0 bridgehead atoms. The molecular formula is C26H29N3O4. The van der Waals surface area contributed by atoms with Crippen molar-refractivity contribution in [2.75, 3.05) is 34.3 Å². The average Bonchev–Trinajstić information content (AvgIpc) is 3.31. The van der Waals surface area contributed by atoms with Crippen LogP contribution in [0.1, 0.15) is 29.0 Å². The Balaban J connectivity index is 1.62. The quantitative estimate of drug-likeness (QED) is 0.573. The van der Waals surface area contributed by atoms with Gasteiger partial charge < -0.3 is 19.1 Å². The smallest absolute Gasteiger partial charge is 0.257 e. The van der Waals surface area contributed by atoms with E-state index >= 15 is 0 Å². The number of para-hydroxylation sites is 1. The molecule has 1 atom stereocenters. The SMILES string of the molecule is COc1ccccc1C(=O)N1CCC[C@@](Cc2cc(-c3ccccc3)no2)(C(=O)N(C)C)C1. The van der Waals surface area contributed by atoms with Crippen LogP contribution in [-0.4, -0.2) is 61.1 Å². The summed E-state index contributed by atoms with van der Waals surface area (Å²) in [6, 6.07) is 18.9. The number of nitrogens with zero attached hydrogens (tertiary/aromatic N) is 3. The minimum atomic E-state index is -0.785. The second-order valence-electron chi connectivity index (χ2n) is 8.73. The van der Waals surface area contributed by atoms with E-state index in [2.05, 4.69) is 5.16 Å². The number of amides is 2. The minimum absolute atomic E-state index is 0.0160. The molecule has 7 nitrogen and oxygen atoms in total. The molecule has 1 aliphatic heterocycles. The van der Waals surface area contributed by atoms with Gasteiger partial charge in [-0.3, -0.25) is 9.59 Å². The van der Waals surface area contributed by atoms with Crippen molar-refractivity contribution in [3.05, 3.63) is 72.0 Å². The van der Waals surface area contributed by atoms with Crippen molar-refractivity contribution in [1.82, 2.24) is 15.0 Å². The molecule has 2 aromatic carbocycles. The second kappa shape index (κ2) is 9.48. The molecule has 1 aliphatic rings. The van der Waals surface area contributed by atoms with Gasteiger partial charge in [0.2, 0.25) is 5.91 Å². The number of benzene rings is 2. The summed E-state index contributed by atoms with van der Waals surface area (Å²) in [4.78, 5) is 30.2. The van der Waals surface area contributed by atoms with Gasteiger partial charge in [0.05, 0.1) is 18.1 Å². The summed E-state index contributed by atoms with van der Waals surface area (Å²) in [5, 5.41) is 4.21. The van der Waals surface area contributed by atoms with E-state index in [1.54, 1.807) is 43.1 Å². The molecule has 3 aromatic rings. The van der Waals surface area contributed by atoms with E-state index in [9.17, 15) is 9.59 Å². The van der Waals surface area contributed by atoms with Gasteiger partial charge in [-0.1, -0.05) is 47.6 Å². The Kier molecular flexibility index (Phi) is 6.49. The first-order chi connectivity index (χ1) is 15.9. The number of piperidine rings is 1. The fourth-order valence-electron chi connectivity index (χ4n) is 4.64. The number of rotatable bonds is 6. The molecule has 0 aliphatic carbocycles. The number of carbonyl (C=O) groups is 2. The lowest BCUT2D eigenvalue weighted by atomic mass is 9.75. The molecule has 1 fully saturated rings. The van der Waals surface area contributed by atoms with Crippen molar-refractivity contribution < 1.29 is 18.8 Å². The van der Waals surface area contributed by atoms with E-state index in [0.29, 0.717) is 43.0 Å². The highest BCUT2D eigenvalue weighted by molar-refractivity contribution is 5.97. The van der Waals surface area contributed by atoms with Crippen LogP contribution >= 0.6 is 0 Å². The molecule has 0 radical (unpaired) electrons. The van der Waals surface area contributed by atoms with Crippen LogP contribution < -0.4 is 4.74 Å². The first-order valence-corrected chi connectivity index (χ1v) is 11.1. The third kappa shape index (κ3) is 4.62. The van der Waals surface area contributed by atoms with Crippen LogP contribution in [0.3, 0.4) is 0 Å². The number of likely N-dealkylation sites (tertiary alicyclic amines) is 1. The molecule has 33 heavy (non-hydrogen) atoms. The van der Waals surface area contributed by atoms with E-state index in [1.165, 1.54) is 0 Å². The third-order valence-corrected chi connectivity index (χ3v) is 6.20. The fourth-order valence-corrected chi connectivity index (χ4v) is 4.64. The van der Waals surface area contributed by atoms with Gasteiger partial charge in [-0.05, 0) is 25.0 Å². The summed E-state index contributed by atoms with van der Waals surface area (Å²) in [6.45, 7) is 0.896. The molecule has 7 heteroatoms. The van der Waals surface area contributed by atoms with Crippen molar-refractivity contribution >= 4 is 11.8 Å². The van der Waals surface area contributed by atoms with Gasteiger partial charge >= 0.3 is 0 Å². The van der Waals surface area contributed by atoms with Crippen molar-refractivity contribution in [1.29, 1.82) is 0 Å². The predicted octanol–water partition coefficient (Wildman–Crippen LogP) is 3.90. The monoisotopic (exact) mass is 447 g/mol. The van der Waals surface area contributed by atoms with Gasteiger partial charge in [0.25, 0.3) is 5.91 Å². The van der Waals surface area contributed by atoms with Gasteiger partial charge in [0.1, 0.15) is 17.2 Å². The van der Waals surface area contributed by atoms with Crippen LogP contribution in [0, 0.1) is 5.41 Å². The molecule has 0 spiro atoms. The summed E-state index contributed by atoms with van der Waals surface area (Å²) in [6.07, 6.45) is 1.76. The maximum Gasteiger partial charge on any atom is 0.257 e. The number of hydrogen-bond donors (Lipinski definition) is 0. The zero-order valence-electron chi connectivity index (χ0n) is 19.3. The largest absolute Gasteiger partial charge is 0.496 e. The molecule has 1 aromatic heterocycles. The molecule has 4 rings (SSSR count). The van der Waals surface area contributed by atoms with Crippen LogP contribution in [0.2, 0.25) is 0 Å². The van der Waals surface area contributed by atoms with Crippen molar-refractivity contribution in [2.24, 2.45) is 5.41 Å². The maximum atomic E-state index is 13.4. The zero-order valence-corrected chi connectivity index (χ0v) is 19.3. The highest BCUT2D eigenvalue weighted by Crippen LogP contribution is 2.37. The lowest BCUT2D eigenvalue weighted by Crippen LogP contribution is -2.54. The third-order valence-electron chi connectivity index (χ3n) is 6.20. The van der Waals surface area contributed by atoms with Gasteiger partial charge in [-0.15, -0.1) is 0 Å². The van der Waals surface area contributed by atoms with Gasteiger partial charge in [0, 0.05) is 45.2 Å². The van der Waals surface area contributed by atoms with E-state index < -0.39 is 5.41 Å². The Hall–Kier alpha value is -3.61. The van der Waals surface area contributed by atoms with E-state index in [4.69, 9.17) is 9.26 Å². The highest BCUT2D eigenvalue weighted by Gasteiger charge is 2.45. The van der Waals surface area contributed by atoms with Crippen molar-refractivity contribution in [2.45, 2.75) is 19.3 Å². The van der Waals surface area contributed by atoms with E-state index in [1.807, 2.05) is 48.5 Å². The van der Waals surface area contributed by atoms with Crippen molar-refractivity contribution in [3.63, 3.8) is 0 Å². The number of methoxy groups -OCH3 is 1. The number of aromatic nitrogens is 1. The lowest BCUT2D eigenvalue weighted by Gasteiger charge is -2.42. The van der Waals surface area contributed by atoms with E-state index in [0.717, 1.165) is 17.7 Å². The summed E-state index contributed by atoms with van der Waals surface area (Å²) in [5.74, 6) is 1.01. The van der Waals surface area contributed by atoms with Gasteiger partial charge in [-0.2, -0.15) is 0 Å². The number of ether oxygens (including phenoxy) is 1. The van der Waals surface area contributed by atoms with Gasteiger partial charge in [0.15, 0.2) is 0 Å². The van der Waals surface area contributed by atoms with Gasteiger partial charge in [-0.25, -0.2) is 0 Å². The first-order valence-electron chi connectivity index (χ1n) is 11.1. The minimum Gasteiger partial charge on any atom is -0.496 e. The van der Waals surface area contributed by atoms with Crippen LogP contribution in [0.5, 0.6) is 5.75 Å². The molecule has 1 saturated heterocycles. The normalized spacial score (nSPS) is 18.1. The van der Waals surface area contributed by atoms with E-state index in [-0.39, 0.29) is 11.8 Å². The van der Waals surface area contributed by atoms with Crippen LogP contribution in [-0.2, 0) is 11.2 Å². The molecule has 0 N–H and O–H groups in total. The summed E-state index contributed by atoms with van der Waals surface area (Å²) in [5.41, 5.74) is 1.40. The Bertz CT molecular complexity index is 1130. The van der Waals surface area contributed by atoms with Crippen LogP contribution in [0.25, 0.3) is 11.3 Å². The topological polar surface area (TPSA) is 75.9 Å². The zero-order chi connectivity index (χ0) is 23.4. The molecule has 0 saturated carbocycles. The van der Waals surface area contributed by atoms with Crippen LogP contribution in [0.4, 0.5) is 0 Å². The maximum absolute atomic E-state index is 13.4.